The highest BCUT2D eigenvalue weighted by atomic mass is 16.6. The van der Waals surface area contributed by atoms with Gasteiger partial charge in [0.15, 0.2) is 5.78 Å². The van der Waals surface area contributed by atoms with E-state index in [0.29, 0.717) is 19.3 Å². The first-order valence-corrected chi connectivity index (χ1v) is 17.3. The number of aliphatic hydroxyl groups excluding tert-OH is 1. The van der Waals surface area contributed by atoms with Gasteiger partial charge in [0.2, 0.25) is 0 Å². The van der Waals surface area contributed by atoms with Crippen molar-refractivity contribution >= 4 is 17.7 Å². The second-order valence-electron chi connectivity index (χ2n) is 11.7. The molecule has 0 aromatic rings. The number of aliphatic hydroxyl groups is 1. The Kier molecular flexibility index (Phi) is 30.5. The molecule has 0 radical (unpaired) electrons. The van der Waals surface area contributed by atoms with Gasteiger partial charge in [-0.15, -0.1) is 0 Å². The fraction of sp³-hybridized carbons (Fsp3) is 0.806. The number of allylic oxidation sites excluding steroid dienone is 4. The smallest absolute Gasteiger partial charge is 0.305 e. The molecule has 0 aliphatic heterocycles. The molecule has 0 spiro atoms. The van der Waals surface area contributed by atoms with Gasteiger partial charge in [0.1, 0.15) is 19.3 Å². The zero-order valence-electron chi connectivity index (χ0n) is 27.3. The Morgan fingerprint density at radius 2 is 0.952 bits per heavy atom. The molecule has 0 rings (SSSR count). The summed E-state index contributed by atoms with van der Waals surface area (Å²) in [6, 6.07) is 0. The molecular formula is C36H64O6. The van der Waals surface area contributed by atoms with E-state index < -0.39 is 6.10 Å². The summed E-state index contributed by atoms with van der Waals surface area (Å²) in [6.45, 7) is 4.13. The van der Waals surface area contributed by atoms with Crippen LogP contribution in [0.25, 0.3) is 0 Å². The van der Waals surface area contributed by atoms with E-state index in [2.05, 4.69) is 19.9 Å². The molecule has 0 bridgehead atoms. The number of hydrogen-bond donors (Lipinski definition) is 1. The van der Waals surface area contributed by atoms with Crippen LogP contribution >= 0.6 is 0 Å². The Morgan fingerprint density at radius 1 is 0.548 bits per heavy atom. The van der Waals surface area contributed by atoms with E-state index in [1.807, 2.05) is 12.2 Å². The summed E-state index contributed by atoms with van der Waals surface area (Å²) in [7, 11) is 0. The van der Waals surface area contributed by atoms with Crippen LogP contribution in [-0.2, 0) is 23.9 Å². The van der Waals surface area contributed by atoms with Gasteiger partial charge in [-0.25, -0.2) is 0 Å². The van der Waals surface area contributed by atoms with E-state index in [1.165, 1.54) is 77.0 Å². The molecule has 6 nitrogen and oxygen atoms in total. The summed E-state index contributed by atoms with van der Waals surface area (Å²) in [6.07, 6.45) is 31.8. The number of carbonyl (C=O) groups is 3. The number of hydrogen-bond acceptors (Lipinski definition) is 6. The molecule has 0 fully saturated rings. The Hall–Kier alpha value is -1.95. The van der Waals surface area contributed by atoms with Gasteiger partial charge >= 0.3 is 11.9 Å². The zero-order valence-corrected chi connectivity index (χ0v) is 27.3. The summed E-state index contributed by atoms with van der Waals surface area (Å²) >= 11 is 0. The summed E-state index contributed by atoms with van der Waals surface area (Å²) in [4.78, 5) is 35.7. The molecule has 0 amide bonds. The summed E-state index contributed by atoms with van der Waals surface area (Å²) in [5, 5.41) is 9.95. The molecule has 0 unspecified atom stereocenters. The lowest BCUT2D eigenvalue weighted by molar-refractivity contribution is -0.152. The number of ether oxygens (including phenoxy) is 2. The van der Waals surface area contributed by atoms with E-state index in [0.717, 1.165) is 57.8 Å². The van der Waals surface area contributed by atoms with Crippen LogP contribution in [0.2, 0.25) is 0 Å². The van der Waals surface area contributed by atoms with Gasteiger partial charge in [0.05, 0.1) is 0 Å². The first kappa shape index (κ1) is 40.1. The lowest BCUT2D eigenvalue weighted by Gasteiger charge is -2.12. The van der Waals surface area contributed by atoms with Crippen molar-refractivity contribution in [3.63, 3.8) is 0 Å². The molecule has 1 atom stereocenters. The summed E-state index contributed by atoms with van der Waals surface area (Å²) < 4.78 is 10.2. The van der Waals surface area contributed by atoms with Crippen LogP contribution in [0.5, 0.6) is 0 Å². The minimum atomic E-state index is -0.997. The number of rotatable bonds is 31. The molecule has 6 heteroatoms. The first-order chi connectivity index (χ1) is 20.5. The van der Waals surface area contributed by atoms with Gasteiger partial charge in [0.25, 0.3) is 0 Å². The zero-order chi connectivity index (χ0) is 30.9. The number of esters is 2. The number of unbranched alkanes of at least 4 members (excludes halogenated alkanes) is 18. The van der Waals surface area contributed by atoms with E-state index in [1.54, 1.807) is 6.08 Å². The van der Waals surface area contributed by atoms with Gasteiger partial charge in [-0.2, -0.15) is 0 Å². The quantitative estimate of drug-likeness (QED) is 0.0373. The topological polar surface area (TPSA) is 89.9 Å². The Bertz CT molecular complexity index is 699. The highest BCUT2D eigenvalue weighted by Gasteiger charge is 2.12. The highest BCUT2D eigenvalue weighted by molar-refractivity contribution is 5.89. The fourth-order valence-corrected chi connectivity index (χ4v) is 4.71. The maximum atomic E-state index is 11.9. The molecule has 0 aromatic heterocycles. The van der Waals surface area contributed by atoms with Crippen molar-refractivity contribution in [1.29, 1.82) is 0 Å². The number of carbonyl (C=O) groups excluding carboxylic acids is 3. The lowest BCUT2D eigenvalue weighted by Crippen LogP contribution is -2.25. The van der Waals surface area contributed by atoms with Crippen molar-refractivity contribution < 1.29 is 29.0 Å². The van der Waals surface area contributed by atoms with Crippen molar-refractivity contribution in [3.05, 3.63) is 24.3 Å². The molecule has 0 aliphatic carbocycles. The highest BCUT2D eigenvalue weighted by Crippen LogP contribution is 2.13. The third-order valence-electron chi connectivity index (χ3n) is 7.42. The number of ketones is 1. The molecule has 0 aliphatic rings. The van der Waals surface area contributed by atoms with Crippen molar-refractivity contribution in [1.82, 2.24) is 0 Å². The molecule has 0 aromatic carbocycles. The molecule has 1 N–H and O–H groups in total. The van der Waals surface area contributed by atoms with E-state index in [4.69, 9.17) is 9.47 Å². The standard InChI is InChI=1S/C36H64O6/c1-3-5-7-9-11-12-13-14-15-17-21-25-29-35(39)41-31-34(38)32-42-36(40)30-26-22-18-20-24-28-33(37)27-23-19-16-10-8-6-4-2/h16,19,23,27,34,38H,3-15,17-18,20-22,24-26,28-32H2,1-2H3/b19-16-,27-23+/t34-/m1/s1. The summed E-state index contributed by atoms with van der Waals surface area (Å²) in [5.41, 5.74) is 0. The minimum Gasteiger partial charge on any atom is -0.463 e. The Morgan fingerprint density at radius 3 is 1.43 bits per heavy atom. The van der Waals surface area contributed by atoms with Crippen molar-refractivity contribution in [2.45, 2.75) is 174 Å². The van der Waals surface area contributed by atoms with E-state index >= 15 is 0 Å². The van der Waals surface area contributed by atoms with Crippen LogP contribution < -0.4 is 0 Å². The van der Waals surface area contributed by atoms with Crippen LogP contribution in [-0.4, -0.2) is 42.1 Å². The van der Waals surface area contributed by atoms with Crippen molar-refractivity contribution in [2.75, 3.05) is 13.2 Å². The van der Waals surface area contributed by atoms with Crippen molar-refractivity contribution in [2.24, 2.45) is 0 Å². The van der Waals surface area contributed by atoms with Gasteiger partial charge in [-0.3, -0.25) is 14.4 Å². The largest absolute Gasteiger partial charge is 0.463 e. The molecule has 244 valence electrons. The average Bonchev–Trinajstić information content (AvgIpc) is 2.98. The maximum absolute atomic E-state index is 11.9. The fourth-order valence-electron chi connectivity index (χ4n) is 4.71. The SMILES string of the molecule is CCCCC/C=C\C=C\C(=O)CCCCCCCC(=O)OC[C@H](O)COC(=O)CCCCCCCCCCCCCC. The van der Waals surface area contributed by atoms with Crippen LogP contribution in [0.15, 0.2) is 24.3 Å². The molecule has 42 heavy (non-hydrogen) atoms. The first-order valence-electron chi connectivity index (χ1n) is 17.3. The third kappa shape index (κ3) is 31.0. The van der Waals surface area contributed by atoms with Crippen LogP contribution in [0, 0.1) is 0 Å². The van der Waals surface area contributed by atoms with Gasteiger partial charge in [-0.05, 0) is 38.2 Å². The van der Waals surface area contributed by atoms with Gasteiger partial charge < -0.3 is 14.6 Å². The lowest BCUT2D eigenvalue weighted by atomic mass is 10.0. The third-order valence-corrected chi connectivity index (χ3v) is 7.42. The minimum absolute atomic E-state index is 0.145. The predicted molar refractivity (Wildman–Crippen MR) is 173 cm³/mol. The van der Waals surface area contributed by atoms with E-state index in [9.17, 15) is 19.5 Å². The Labute approximate surface area is 258 Å². The molecular weight excluding hydrogens is 528 g/mol. The normalized spacial score (nSPS) is 12.3. The second-order valence-corrected chi connectivity index (χ2v) is 11.7. The molecule has 0 saturated carbocycles. The average molecular weight is 593 g/mol. The Balaban J connectivity index is 3.54. The van der Waals surface area contributed by atoms with Crippen LogP contribution in [0.1, 0.15) is 168 Å². The monoisotopic (exact) mass is 592 g/mol. The van der Waals surface area contributed by atoms with Crippen LogP contribution in [0.4, 0.5) is 0 Å². The second kappa shape index (κ2) is 32.0. The predicted octanol–water partition coefficient (Wildman–Crippen LogP) is 9.52. The maximum Gasteiger partial charge on any atom is 0.305 e. The van der Waals surface area contributed by atoms with Crippen molar-refractivity contribution in [3.8, 4) is 0 Å². The molecule has 0 saturated heterocycles. The van der Waals surface area contributed by atoms with Gasteiger partial charge in [0, 0.05) is 19.3 Å². The van der Waals surface area contributed by atoms with Gasteiger partial charge in [-0.1, -0.05) is 135 Å². The summed E-state index contributed by atoms with van der Waals surface area (Å²) in [5.74, 6) is -0.495. The van der Waals surface area contributed by atoms with Crippen LogP contribution in [0.3, 0.4) is 0 Å². The molecule has 0 heterocycles. The van der Waals surface area contributed by atoms with E-state index in [-0.39, 0.29) is 30.9 Å².